The summed E-state index contributed by atoms with van der Waals surface area (Å²) in [5.74, 6) is -0.203. The maximum atomic E-state index is 13.1. The van der Waals surface area contributed by atoms with Gasteiger partial charge in [0.2, 0.25) is 0 Å². The lowest BCUT2D eigenvalue weighted by atomic mass is 9.98. The van der Waals surface area contributed by atoms with Crippen LogP contribution in [-0.2, 0) is 0 Å². The summed E-state index contributed by atoms with van der Waals surface area (Å²) in [6.07, 6.45) is 4.08. The molecule has 0 aliphatic heterocycles. The summed E-state index contributed by atoms with van der Waals surface area (Å²) in [5.41, 5.74) is 4.81. The van der Waals surface area contributed by atoms with Crippen LogP contribution in [0.1, 0.15) is 26.3 Å². The van der Waals surface area contributed by atoms with Gasteiger partial charge in [0, 0.05) is 28.2 Å². The Bertz CT molecular complexity index is 2100. The third-order valence-corrected chi connectivity index (χ3v) is 7.87. The van der Waals surface area contributed by atoms with Crippen LogP contribution in [-0.4, -0.2) is 12.1 Å². The van der Waals surface area contributed by atoms with E-state index in [0.717, 1.165) is 39.7 Å². The molecule has 0 saturated heterocycles. The second-order valence-corrected chi connectivity index (χ2v) is 10.6. The molecule has 0 heterocycles. The fourth-order valence-electron chi connectivity index (χ4n) is 5.64. The maximum absolute atomic E-state index is 13.1. The zero-order valence-electron chi connectivity index (χ0n) is 23.4. The molecule has 7 aromatic carbocycles. The molecule has 0 aromatic heterocycles. The highest BCUT2D eigenvalue weighted by atomic mass is 16.1. The number of carbonyl (C=O) groups excluding carboxylic acids is 2. The van der Waals surface area contributed by atoms with Crippen molar-refractivity contribution in [2.45, 2.75) is 0 Å². The van der Waals surface area contributed by atoms with E-state index in [1.165, 1.54) is 27.6 Å². The van der Waals surface area contributed by atoms with Crippen LogP contribution in [0.5, 0.6) is 0 Å². The average Bonchev–Trinajstić information content (AvgIpc) is 3.07. The van der Waals surface area contributed by atoms with Crippen LogP contribution in [0.4, 0.5) is 17.1 Å². The summed E-state index contributed by atoms with van der Waals surface area (Å²) in [4.78, 5) is 27.1. The van der Waals surface area contributed by atoms with Gasteiger partial charge in [-0.05, 0) is 92.5 Å². The second kappa shape index (κ2) is 11.2. The Balaban J connectivity index is 1.23. The van der Waals surface area contributed by atoms with E-state index in [2.05, 4.69) is 102 Å². The molecule has 0 bridgehead atoms. The predicted octanol–water partition coefficient (Wildman–Crippen LogP) is 10.3. The van der Waals surface area contributed by atoms with Crippen molar-refractivity contribution >= 4 is 67.5 Å². The molecule has 3 nitrogen and oxygen atoms in total. The van der Waals surface area contributed by atoms with Crippen LogP contribution >= 0.6 is 0 Å². The number of rotatable bonds is 7. The highest BCUT2D eigenvalue weighted by Gasteiger charge is 2.14. The zero-order chi connectivity index (χ0) is 29.2. The van der Waals surface area contributed by atoms with Gasteiger partial charge >= 0.3 is 0 Å². The third kappa shape index (κ3) is 5.20. The molecule has 204 valence electrons. The van der Waals surface area contributed by atoms with E-state index in [0.29, 0.717) is 11.1 Å². The van der Waals surface area contributed by atoms with Crippen molar-refractivity contribution in [2.75, 3.05) is 4.90 Å². The minimum atomic E-state index is -0.203. The average molecular weight is 554 g/mol. The summed E-state index contributed by atoms with van der Waals surface area (Å²) in [7, 11) is 0. The van der Waals surface area contributed by atoms with Crippen LogP contribution in [0, 0.1) is 0 Å². The van der Waals surface area contributed by atoms with Gasteiger partial charge in [-0.15, -0.1) is 0 Å². The Hall–Kier alpha value is -5.80. The number of aldehydes is 1. The molecule has 0 radical (unpaired) electrons. The van der Waals surface area contributed by atoms with E-state index in [1.807, 2.05) is 36.4 Å². The highest BCUT2D eigenvalue weighted by Crippen LogP contribution is 2.37. The quantitative estimate of drug-likeness (QED) is 0.112. The number of carbonyl (C=O) groups is 2. The van der Waals surface area contributed by atoms with Gasteiger partial charge in [-0.3, -0.25) is 9.59 Å². The van der Waals surface area contributed by atoms with Gasteiger partial charge in [-0.1, -0.05) is 103 Å². The van der Waals surface area contributed by atoms with Crippen molar-refractivity contribution in [3.05, 3.63) is 168 Å². The third-order valence-electron chi connectivity index (χ3n) is 7.87. The Morgan fingerprint density at radius 1 is 0.488 bits per heavy atom. The van der Waals surface area contributed by atoms with Gasteiger partial charge < -0.3 is 4.90 Å². The fraction of sp³-hybridized carbons (Fsp3) is 0. The molecule has 0 aliphatic carbocycles. The van der Waals surface area contributed by atoms with Gasteiger partial charge in [0.25, 0.3) is 0 Å². The lowest BCUT2D eigenvalue weighted by Gasteiger charge is -2.26. The van der Waals surface area contributed by atoms with E-state index in [1.54, 1.807) is 18.2 Å². The zero-order valence-corrected chi connectivity index (χ0v) is 23.4. The first-order valence-corrected chi connectivity index (χ1v) is 14.2. The lowest BCUT2D eigenvalue weighted by molar-refractivity contribution is 0.103. The molecule has 0 spiro atoms. The summed E-state index contributed by atoms with van der Waals surface area (Å²) in [5, 5.41) is 6.59. The molecule has 0 saturated carbocycles. The lowest BCUT2D eigenvalue weighted by Crippen LogP contribution is -2.09. The van der Waals surface area contributed by atoms with Gasteiger partial charge in [-0.25, -0.2) is 0 Å². The van der Waals surface area contributed by atoms with Crippen molar-refractivity contribution in [3.63, 3.8) is 0 Å². The van der Waals surface area contributed by atoms with E-state index in [4.69, 9.17) is 0 Å². The second-order valence-electron chi connectivity index (χ2n) is 10.6. The highest BCUT2D eigenvalue weighted by molar-refractivity contribution is 6.13. The first-order chi connectivity index (χ1) is 21.2. The fourth-order valence-corrected chi connectivity index (χ4v) is 5.64. The molecule has 0 N–H and O–H groups in total. The van der Waals surface area contributed by atoms with Crippen molar-refractivity contribution in [3.8, 4) is 0 Å². The largest absolute Gasteiger partial charge is 0.310 e. The molecule has 0 unspecified atom stereocenters. The monoisotopic (exact) mass is 553 g/mol. The van der Waals surface area contributed by atoms with E-state index in [9.17, 15) is 9.59 Å². The predicted molar refractivity (Wildman–Crippen MR) is 179 cm³/mol. The van der Waals surface area contributed by atoms with Crippen molar-refractivity contribution in [1.29, 1.82) is 0 Å². The molecule has 0 amide bonds. The molecule has 7 rings (SSSR count). The van der Waals surface area contributed by atoms with Crippen LogP contribution < -0.4 is 4.90 Å². The van der Waals surface area contributed by atoms with Gasteiger partial charge in [-0.2, -0.15) is 0 Å². The first-order valence-electron chi connectivity index (χ1n) is 14.2. The number of hydrogen-bond donors (Lipinski definition) is 0. The van der Waals surface area contributed by atoms with Gasteiger partial charge in [0.05, 0.1) is 0 Å². The van der Waals surface area contributed by atoms with Crippen molar-refractivity contribution in [1.82, 2.24) is 0 Å². The minimum Gasteiger partial charge on any atom is -0.310 e. The number of hydrogen-bond acceptors (Lipinski definition) is 3. The number of allylic oxidation sites excluding steroid dienone is 1. The Labute approximate surface area is 250 Å². The van der Waals surface area contributed by atoms with E-state index < -0.39 is 0 Å². The number of benzene rings is 7. The smallest absolute Gasteiger partial charge is 0.186 e. The Kier molecular flexibility index (Phi) is 6.82. The maximum Gasteiger partial charge on any atom is 0.186 e. The van der Waals surface area contributed by atoms with Crippen molar-refractivity contribution in [2.24, 2.45) is 0 Å². The summed E-state index contributed by atoms with van der Waals surface area (Å²) in [6, 6.07) is 49.2. The Morgan fingerprint density at radius 3 is 1.49 bits per heavy atom. The van der Waals surface area contributed by atoms with E-state index in [-0.39, 0.29) is 5.78 Å². The van der Waals surface area contributed by atoms with Crippen molar-refractivity contribution < 1.29 is 9.59 Å². The van der Waals surface area contributed by atoms with Crippen LogP contribution in [0.2, 0.25) is 0 Å². The number of ketones is 1. The Morgan fingerprint density at radius 2 is 0.953 bits per heavy atom. The van der Waals surface area contributed by atoms with Gasteiger partial charge in [0.1, 0.15) is 0 Å². The van der Waals surface area contributed by atoms with Crippen LogP contribution in [0.15, 0.2) is 152 Å². The van der Waals surface area contributed by atoms with Crippen LogP contribution in [0.25, 0.3) is 38.4 Å². The van der Waals surface area contributed by atoms with E-state index >= 15 is 0 Å². The molecule has 0 fully saturated rings. The normalized spacial score (nSPS) is 11.3. The first kappa shape index (κ1) is 26.1. The number of fused-ring (bicyclic) bond motifs is 3. The molecule has 0 aliphatic rings. The molecule has 3 heteroatoms. The molecular weight excluding hydrogens is 526 g/mol. The SMILES string of the molecule is O=Cc1cc2ccccc2cc1C(=O)/C=C\c1ccc(N(c2ccc3ccccc3c2)c2ccc3ccccc3c2)cc1. The molecular formula is C40H27NO2. The summed E-state index contributed by atoms with van der Waals surface area (Å²) in [6.45, 7) is 0. The topological polar surface area (TPSA) is 37.4 Å². The standard InChI is InChI=1S/C40H27NO2/c42-27-35-23-31-9-5-6-12-34(31)26-39(35)40(43)22-15-28-13-18-36(19-14-28)41(37-20-16-29-7-1-3-10-32(29)24-37)38-21-17-30-8-2-4-11-33(30)25-38/h1-27H/b22-15-. The summed E-state index contributed by atoms with van der Waals surface area (Å²) >= 11 is 0. The summed E-state index contributed by atoms with van der Waals surface area (Å²) < 4.78 is 0. The van der Waals surface area contributed by atoms with Gasteiger partial charge in [0.15, 0.2) is 12.1 Å². The number of nitrogens with zero attached hydrogens (tertiary/aromatic N) is 1. The molecule has 43 heavy (non-hydrogen) atoms. The minimum absolute atomic E-state index is 0.203. The molecule has 0 atom stereocenters. The number of anilines is 3. The molecule has 7 aromatic rings. The van der Waals surface area contributed by atoms with Crippen LogP contribution in [0.3, 0.4) is 0 Å².